The van der Waals surface area contributed by atoms with Crippen molar-refractivity contribution in [3.8, 4) is 0 Å². The van der Waals surface area contributed by atoms with Crippen LogP contribution in [0.4, 0.5) is 0 Å². The number of hydrogen-bond acceptors (Lipinski definition) is 3. The van der Waals surface area contributed by atoms with Crippen molar-refractivity contribution in [1.29, 1.82) is 0 Å². The van der Waals surface area contributed by atoms with Crippen LogP contribution in [0.25, 0.3) is 0 Å². The molecule has 1 heterocycles. The smallest absolute Gasteiger partial charge is 0.226 e. The Balaban J connectivity index is 1.66. The molecule has 3 unspecified atom stereocenters. The van der Waals surface area contributed by atoms with E-state index in [0.717, 1.165) is 0 Å². The zero-order valence-electron chi connectivity index (χ0n) is 12.0. The van der Waals surface area contributed by atoms with Crippen molar-refractivity contribution in [2.75, 3.05) is 19.7 Å². The number of nitrogens with zero attached hydrogens (tertiary/aromatic N) is 1. The second-order valence-electron chi connectivity index (χ2n) is 7.04. The number of aliphatic hydroxyl groups excluding tert-OH is 1. The minimum Gasteiger partial charge on any atom is -0.394 e. The van der Waals surface area contributed by atoms with Crippen LogP contribution in [0.5, 0.6) is 0 Å². The average Bonchev–Trinajstić information content (AvgIpc) is 3.10. The zero-order valence-corrected chi connectivity index (χ0v) is 12.0. The van der Waals surface area contributed by atoms with E-state index in [2.05, 4.69) is 0 Å². The Bertz CT molecular complexity index is 356. The van der Waals surface area contributed by atoms with Crippen LogP contribution in [-0.4, -0.2) is 47.3 Å². The molecule has 4 nitrogen and oxygen atoms in total. The normalized spacial score (nSPS) is 40.7. The molecule has 108 valence electrons. The van der Waals surface area contributed by atoms with Crippen molar-refractivity contribution >= 4 is 5.91 Å². The predicted octanol–water partition coefficient (Wildman–Crippen LogP) is 1.42. The SMILES string of the molecule is CC1(C)CN(C(=O)C2C3CCCCC32)CC(CO)O1. The number of morpholine rings is 1. The second kappa shape index (κ2) is 4.74. The maximum Gasteiger partial charge on any atom is 0.226 e. The summed E-state index contributed by atoms with van der Waals surface area (Å²) in [6, 6.07) is 0. The van der Waals surface area contributed by atoms with E-state index in [-0.39, 0.29) is 24.2 Å². The summed E-state index contributed by atoms with van der Waals surface area (Å²) >= 11 is 0. The van der Waals surface area contributed by atoms with Gasteiger partial charge in [-0.25, -0.2) is 0 Å². The van der Waals surface area contributed by atoms with E-state index in [9.17, 15) is 9.90 Å². The van der Waals surface area contributed by atoms with E-state index in [4.69, 9.17) is 4.74 Å². The fraction of sp³-hybridized carbons (Fsp3) is 0.933. The van der Waals surface area contributed by atoms with Crippen molar-refractivity contribution in [3.05, 3.63) is 0 Å². The van der Waals surface area contributed by atoms with Crippen LogP contribution in [0.1, 0.15) is 39.5 Å². The van der Waals surface area contributed by atoms with E-state index in [1.807, 2.05) is 18.7 Å². The maximum absolute atomic E-state index is 12.7. The molecule has 0 aromatic carbocycles. The van der Waals surface area contributed by atoms with Gasteiger partial charge in [0, 0.05) is 19.0 Å². The molecule has 3 rings (SSSR count). The average molecular weight is 267 g/mol. The minimum absolute atomic E-state index is 0.00919. The molecule has 19 heavy (non-hydrogen) atoms. The number of carbonyl (C=O) groups excluding carboxylic acids is 1. The second-order valence-corrected chi connectivity index (χ2v) is 7.04. The van der Waals surface area contributed by atoms with Crippen LogP contribution in [0.3, 0.4) is 0 Å². The van der Waals surface area contributed by atoms with Crippen molar-refractivity contribution in [2.24, 2.45) is 17.8 Å². The number of aliphatic hydroxyl groups is 1. The van der Waals surface area contributed by atoms with Gasteiger partial charge in [0.05, 0.1) is 18.3 Å². The van der Waals surface area contributed by atoms with Gasteiger partial charge in [-0.2, -0.15) is 0 Å². The van der Waals surface area contributed by atoms with E-state index < -0.39 is 0 Å². The van der Waals surface area contributed by atoms with Gasteiger partial charge in [0.15, 0.2) is 0 Å². The number of fused-ring (bicyclic) bond motifs is 1. The summed E-state index contributed by atoms with van der Waals surface area (Å²) < 4.78 is 5.78. The Morgan fingerprint density at radius 1 is 1.32 bits per heavy atom. The van der Waals surface area contributed by atoms with Gasteiger partial charge in [0.25, 0.3) is 0 Å². The Hall–Kier alpha value is -0.610. The van der Waals surface area contributed by atoms with Crippen molar-refractivity contribution in [1.82, 2.24) is 4.90 Å². The summed E-state index contributed by atoms with van der Waals surface area (Å²) in [4.78, 5) is 14.6. The highest BCUT2D eigenvalue weighted by Gasteiger charge is 2.56. The first-order chi connectivity index (χ1) is 9.02. The molecule has 4 heteroatoms. The lowest BCUT2D eigenvalue weighted by molar-refractivity contribution is -0.168. The third kappa shape index (κ3) is 2.52. The molecule has 0 bridgehead atoms. The van der Waals surface area contributed by atoms with E-state index in [1.54, 1.807) is 0 Å². The Kier molecular flexibility index (Phi) is 3.34. The first kappa shape index (κ1) is 13.4. The molecule has 3 fully saturated rings. The lowest BCUT2D eigenvalue weighted by Gasteiger charge is -2.42. The van der Waals surface area contributed by atoms with Gasteiger partial charge in [-0.15, -0.1) is 0 Å². The third-order valence-corrected chi connectivity index (χ3v) is 4.94. The molecule has 0 aromatic heterocycles. The van der Waals surface area contributed by atoms with Crippen LogP contribution in [-0.2, 0) is 9.53 Å². The van der Waals surface area contributed by atoms with Crippen molar-refractivity contribution in [3.63, 3.8) is 0 Å². The molecule has 2 aliphatic carbocycles. The molecule has 3 atom stereocenters. The van der Waals surface area contributed by atoms with Gasteiger partial charge < -0.3 is 14.7 Å². The minimum atomic E-state index is -0.346. The molecule has 2 saturated carbocycles. The number of rotatable bonds is 2. The topological polar surface area (TPSA) is 49.8 Å². The summed E-state index contributed by atoms with van der Waals surface area (Å²) in [5.74, 6) is 1.89. The lowest BCUT2D eigenvalue weighted by Crippen LogP contribution is -2.56. The molecule has 1 N–H and O–H groups in total. The van der Waals surface area contributed by atoms with E-state index >= 15 is 0 Å². The molecular weight excluding hydrogens is 242 g/mol. The largest absolute Gasteiger partial charge is 0.394 e. The Morgan fingerprint density at radius 3 is 2.53 bits per heavy atom. The van der Waals surface area contributed by atoms with Crippen LogP contribution < -0.4 is 0 Å². The number of amides is 1. The molecule has 3 aliphatic rings. The summed E-state index contributed by atoms with van der Waals surface area (Å²) in [6.07, 6.45) is 4.82. The van der Waals surface area contributed by atoms with E-state index in [0.29, 0.717) is 30.8 Å². The fourth-order valence-corrected chi connectivity index (χ4v) is 4.13. The van der Waals surface area contributed by atoms with Crippen LogP contribution in [0.2, 0.25) is 0 Å². The van der Waals surface area contributed by atoms with Gasteiger partial charge in [0.1, 0.15) is 0 Å². The molecule has 1 amide bonds. The Morgan fingerprint density at radius 2 is 1.95 bits per heavy atom. The lowest BCUT2D eigenvalue weighted by atomic mass is 10.0. The van der Waals surface area contributed by atoms with Gasteiger partial charge in [-0.05, 0) is 38.5 Å². The molecule has 0 radical (unpaired) electrons. The highest BCUT2D eigenvalue weighted by atomic mass is 16.5. The summed E-state index contributed by atoms with van der Waals surface area (Å²) in [6.45, 7) is 5.18. The van der Waals surface area contributed by atoms with Crippen LogP contribution in [0, 0.1) is 17.8 Å². The third-order valence-electron chi connectivity index (χ3n) is 4.94. The van der Waals surface area contributed by atoms with Crippen LogP contribution >= 0.6 is 0 Å². The fourth-order valence-electron chi connectivity index (χ4n) is 4.13. The molecule has 0 spiro atoms. The quantitative estimate of drug-likeness (QED) is 0.823. The van der Waals surface area contributed by atoms with Gasteiger partial charge in [0.2, 0.25) is 5.91 Å². The molecule has 1 aliphatic heterocycles. The van der Waals surface area contributed by atoms with Crippen molar-refractivity contribution < 1.29 is 14.6 Å². The van der Waals surface area contributed by atoms with Crippen LogP contribution in [0.15, 0.2) is 0 Å². The highest BCUT2D eigenvalue weighted by molar-refractivity contribution is 5.82. The molecular formula is C15H25NO3. The number of ether oxygens (including phenoxy) is 1. The standard InChI is InChI=1S/C15H25NO3/c1-15(2)9-16(7-10(8-17)19-15)14(18)13-11-5-3-4-6-12(11)13/h10-13,17H,3-9H2,1-2H3. The first-order valence-electron chi connectivity index (χ1n) is 7.59. The molecule has 1 saturated heterocycles. The highest BCUT2D eigenvalue weighted by Crippen LogP contribution is 2.56. The van der Waals surface area contributed by atoms with Gasteiger partial charge in [-0.1, -0.05) is 12.8 Å². The monoisotopic (exact) mass is 267 g/mol. The Labute approximate surface area is 115 Å². The zero-order chi connectivity index (χ0) is 13.6. The molecule has 0 aromatic rings. The van der Waals surface area contributed by atoms with Gasteiger partial charge >= 0.3 is 0 Å². The van der Waals surface area contributed by atoms with Crippen molar-refractivity contribution in [2.45, 2.75) is 51.2 Å². The van der Waals surface area contributed by atoms with Gasteiger partial charge in [-0.3, -0.25) is 4.79 Å². The summed E-state index contributed by atoms with van der Waals surface area (Å²) in [5.41, 5.74) is -0.346. The summed E-state index contributed by atoms with van der Waals surface area (Å²) in [5, 5.41) is 9.32. The van der Waals surface area contributed by atoms with E-state index in [1.165, 1.54) is 25.7 Å². The number of hydrogen-bond donors (Lipinski definition) is 1. The number of carbonyl (C=O) groups is 1. The first-order valence-corrected chi connectivity index (χ1v) is 7.59. The predicted molar refractivity (Wildman–Crippen MR) is 71.6 cm³/mol. The summed E-state index contributed by atoms with van der Waals surface area (Å²) in [7, 11) is 0. The maximum atomic E-state index is 12.7.